The summed E-state index contributed by atoms with van der Waals surface area (Å²) >= 11 is 5.97. The summed E-state index contributed by atoms with van der Waals surface area (Å²) in [5.41, 5.74) is 2.86. The van der Waals surface area contributed by atoms with Gasteiger partial charge in [0.1, 0.15) is 11.7 Å². The molecule has 2 aromatic rings. The third-order valence-electron chi connectivity index (χ3n) is 4.05. The fourth-order valence-corrected chi connectivity index (χ4v) is 2.96. The van der Waals surface area contributed by atoms with Crippen molar-refractivity contribution in [2.45, 2.75) is 5.92 Å². The molecule has 0 saturated carbocycles. The monoisotopic (exact) mass is 325 g/mol. The van der Waals surface area contributed by atoms with Crippen LogP contribution in [0.5, 0.6) is 5.75 Å². The number of rotatable bonds is 2. The Kier molecular flexibility index (Phi) is 3.97. The zero-order valence-electron chi connectivity index (χ0n) is 12.9. The molecule has 1 aliphatic heterocycles. The summed E-state index contributed by atoms with van der Waals surface area (Å²) in [4.78, 5) is 1.97. The molecule has 2 atom stereocenters. The van der Waals surface area contributed by atoms with Crippen LogP contribution in [0.15, 0.2) is 42.5 Å². The number of nitriles is 1. The smallest absolute Gasteiger partial charge is 0.205 e. The van der Waals surface area contributed by atoms with E-state index in [1.54, 1.807) is 12.1 Å². The summed E-state index contributed by atoms with van der Waals surface area (Å²) in [6, 6.07) is 15.5. The summed E-state index contributed by atoms with van der Waals surface area (Å²) < 4.78 is 5.61. The molecule has 1 heterocycles. The fraction of sp³-hybridized carbons (Fsp3) is 0.222. The number of nitrogens with one attached hydrogen (secondary N) is 1. The molecular formula is C18H16ClN3O. The number of nitrogens with zero attached hydrogens (tertiary/aromatic N) is 2. The molecule has 1 N–H and O–H groups in total. The molecular weight excluding hydrogens is 310 g/mol. The Labute approximate surface area is 140 Å². The molecule has 0 fully saturated rings. The van der Waals surface area contributed by atoms with Gasteiger partial charge in [-0.2, -0.15) is 5.26 Å². The SMILES string of the molecule is CN(C)c1ccc2c(c1)OC(=N)C(C#N)C2c1ccc(Cl)cc1. The van der Waals surface area contributed by atoms with Crippen LogP contribution in [0.2, 0.25) is 5.02 Å². The summed E-state index contributed by atoms with van der Waals surface area (Å²) in [5.74, 6) is -0.262. The fourth-order valence-electron chi connectivity index (χ4n) is 2.83. The van der Waals surface area contributed by atoms with Gasteiger partial charge in [0.2, 0.25) is 5.90 Å². The quantitative estimate of drug-likeness (QED) is 0.906. The van der Waals surface area contributed by atoms with E-state index in [4.69, 9.17) is 21.7 Å². The van der Waals surface area contributed by atoms with Crippen LogP contribution in [0.4, 0.5) is 5.69 Å². The van der Waals surface area contributed by atoms with Gasteiger partial charge in [0.25, 0.3) is 0 Å². The van der Waals surface area contributed by atoms with Crippen molar-refractivity contribution in [2.75, 3.05) is 19.0 Å². The molecule has 0 amide bonds. The van der Waals surface area contributed by atoms with Gasteiger partial charge in [-0.15, -0.1) is 0 Å². The van der Waals surface area contributed by atoms with Crippen molar-refractivity contribution in [3.05, 3.63) is 58.6 Å². The van der Waals surface area contributed by atoms with Gasteiger partial charge < -0.3 is 9.64 Å². The molecule has 0 aliphatic carbocycles. The van der Waals surface area contributed by atoms with Gasteiger partial charge in [-0.05, 0) is 23.8 Å². The largest absolute Gasteiger partial charge is 0.442 e. The van der Waals surface area contributed by atoms with Gasteiger partial charge in [-0.3, -0.25) is 5.41 Å². The lowest BCUT2D eigenvalue weighted by Crippen LogP contribution is -2.31. The summed E-state index contributed by atoms with van der Waals surface area (Å²) in [7, 11) is 3.90. The van der Waals surface area contributed by atoms with E-state index in [0.717, 1.165) is 16.8 Å². The van der Waals surface area contributed by atoms with Crippen LogP contribution >= 0.6 is 11.6 Å². The number of hydrogen-bond acceptors (Lipinski definition) is 4. The second-order valence-electron chi connectivity index (χ2n) is 5.72. The van der Waals surface area contributed by atoms with E-state index in [2.05, 4.69) is 6.07 Å². The Balaban J connectivity index is 2.15. The number of fused-ring (bicyclic) bond motifs is 1. The van der Waals surface area contributed by atoms with Crippen LogP contribution in [0, 0.1) is 22.7 Å². The molecule has 0 radical (unpaired) electrons. The van der Waals surface area contributed by atoms with Crippen LogP contribution in [0.1, 0.15) is 17.0 Å². The molecule has 0 saturated heterocycles. The highest BCUT2D eigenvalue weighted by Gasteiger charge is 2.36. The minimum absolute atomic E-state index is 0.0177. The third kappa shape index (κ3) is 2.76. The predicted molar refractivity (Wildman–Crippen MR) is 91.5 cm³/mol. The van der Waals surface area contributed by atoms with Crippen LogP contribution in [0.3, 0.4) is 0 Å². The maximum absolute atomic E-state index is 9.51. The second kappa shape index (κ2) is 5.94. The first-order valence-corrected chi connectivity index (χ1v) is 7.61. The average molecular weight is 326 g/mol. The lowest BCUT2D eigenvalue weighted by molar-refractivity contribution is 0.450. The molecule has 116 valence electrons. The lowest BCUT2D eigenvalue weighted by Gasteiger charge is -2.31. The van der Waals surface area contributed by atoms with Crippen LogP contribution in [-0.4, -0.2) is 20.0 Å². The number of anilines is 1. The lowest BCUT2D eigenvalue weighted by atomic mass is 9.79. The first kappa shape index (κ1) is 15.4. The minimum Gasteiger partial charge on any atom is -0.442 e. The minimum atomic E-state index is -0.645. The van der Waals surface area contributed by atoms with Crippen molar-refractivity contribution in [1.29, 1.82) is 10.7 Å². The topological polar surface area (TPSA) is 60.1 Å². The Hall–Kier alpha value is -2.51. The van der Waals surface area contributed by atoms with Crippen LogP contribution in [0.25, 0.3) is 0 Å². The van der Waals surface area contributed by atoms with Gasteiger partial charge in [-0.25, -0.2) is 0 Å². The van der Waals surface area contributed by atoms with Crippen molar-refractivity contribution in [3.8, 4) is 11.8 Å². The third-order valence-corrected chi connectivity index (χ3v) is 4.30. The van der Waals surface area contributed by atoms with Crippen LogP contribution < -0.4 is 9.64 Å². The van der Waals surface area contributed by atoms with E-state index in [1.165, 1.54) is 0 Å². The first-order chi connectivity index (χ1) is 11.0. The highest BCUT2D eigenvalue weighted by Crippen LogP contribution is 2.43. The highest BCUT2D eigenvalue weighted by atomic mass is 35.5. The van der Waals surface area contributed by atoms with E-state index >= 15 is 0 Å². The standard InChI is InChI=1S/C18H16ClN3O/c1-22(2)13-7-8-14-16(9-13)23-18(21)15(10-20)17(14)11-3-5-12(19)6-4-11/h3-9,15,17,21H,1-2H3. The Bertz CT molecular complexity index is 793. The number of halogens is 1. The molecule has 0 spiro atoms. The van der Waals surface area contributed by atoms with E-state index in [9.17, 15) is 5.26 Å². The molecule has 23 heavy (non-hydrogen) atoms. The van der Waals surface area contributed by atoms with E-state index in [0.29, 0.717) is 10.8 Å². The van der Waals surface area contributed by atoms with Crippen molar-refractivity contribution in [1.82, 2.24) is 0 Å². The predicted octanol–water partition coefficient (Wildman–Crippen LogP) is 4.05. The molecule has 2 aromatic carbocycles. The summed E-state index contributed by atoms with van der Waals surface area (Å²) in [6.07, 6.45) is 0. The zero-order valence-corrected chi connectivity index (χ0v) is 13.6. The van der Waals surface area contributed by atoms with Crippen molar-refractivity contribution >= 4 is 23.2 Å². The van der Waals surface area contributed by atoms with E-state index < -0.39 is 5.92 Å². The molecule has 2 unspecified atom stereocenters. The van der Waals surface area contributed by atoms with Gasteiger partial charge in [0, 0.05) is 42.4 Å². The number of hydrogen-bond donors (Lipinski definition) is 1. The normalized spacial score (nSPS) is 19.5. The van der Waals surface area contributed by atoms with Gasteiger partial charge in [-0.1, -0.05) is 29.8 Å². The van der Waals surface area contributed by atoms with Crippen molar-refractivity contribution in [3.63, 3.8) is 0 Å². The molecule has 4 nitrogen and oxygen atoms in total. The summed E-state index contributed by atoms with van der Waals surface area (Å²) in [6.45, 7) is 0. The number of benzene rings is 2. The van der Waals surface area contributed by atoms with Gasteiger partial charge in [0.15, 0.2) is 0 Å². The van der Waals surface area contributed by atoms with E-state index in [-0.39, 0.29) is 11.8 Å². The van der Waals surface area contributed by atoms with Gasteiger partial charge in [0.05, 0.1) is 6.07 Å². The molecule has 0 aromatic heterocycles. The average Bonchev–Trinajstić information content (AvgIpc) is 2.53. The summed E-state index contributed by atoms with van der Waals surface area (Å²) in [5, 5.41) is 18.2. The molecule has 5 heteroatoms. The molecule has 3 rings (SSSR count). The van der Waals surface area contributed by atoms with Gasteiger partial charge >= 0.3 is 0 Å². The highest BCUT2D eigenvalue weighted by molar-refractivity contribution is 6.30. The van der Waals surface area contributed by atoms with Crippen molar-refractivity contribution in [2.24, 2.45) is 5.92 Å². The molecule has 0 bridgehead atoms. The van der Waals surface area contributed by atoms with Crippen LogP contribution in [-0.2, 0) is 0 Å². The Morgan fingerprint density at radius 1 is 1.17 bits per heavy atom. The van der Waals surface area contributed by atoms with Crippen molar-refractivity contribution < 1.29 is 4.74 Å². The maximum Gasteiger partial charge on any atom is 0.205 e. The Morgan fingerprint density at radius 3 is 2.48 bits per heavy atom. The first-order valence-electron chi connectivity index (χ1n) is 7.24. The second-order valence-corrected chi connectivity index (χ2v) is 6.16. The van der Waals surface area contributed by atoms with E-state index in [1.807, 2.05) is 49.3 Å². The maximum atomic E-state index is 9.51. The molecule has 1 aliphatic rings. The Morgan fingerprint density at radius 2 is 1.87 bits per heavy atom. The number of ether oxygens (including phenoxy) is 1. The zero-order chi connectivity index (χ0) is 16.6.